The number of piperidine rings is 4. The summed E-state index contributed by atoms with van der Waals surface area (Å²) < 4.78 is 2.30. The summed E-state index contributed by atoms with van der Waals surface area (Å²) in [7, 11) is 0. The molecule has 5 heteroatoms. The van der Waals surface area contributed by atoms with Crippen molar-refractivity contribution in [2.24, 2.45) is 11.8 Å². The summed E-state index contributed by atoms with van der Waals surface area (Å²) in [5, 5.41) is 1.97. The van der Waals surface area contributed by atoms with E-state index in [1.807, 2.05) is 12.1 Å². The molecule has 36 heavy (non-hydrogen) atoms. The molecule has 0 unspecified atom stereocenters. The first-order valence-corrected chi connectivity index (χ1v) is 14.1. The van der Waals surface area contributed by atoms with Gasteiger partial charge >= 0.3 is 0 Å². The van der Waals surface area contributed by atoms with E-state index in [-0.39, 0.29) is 0 Å². The van der Waals surface area contributed by atoms with E-state index in [4.69, 9.17) is 11.6 Å². The second-order valence-electron chi connectivity index (χ2n) is 11.3. The van der Waals surface area contributed by atoms with Crippen LogP contribution >= 0.6 is 11.6 Å². The van der Waals surface area contributed by atoms with E-state index in [1.54, 1.807) is 0 Å². The maximum Gasteiger partial charge on any atom is 0.250 e. The van der Waals surface area contributed by atoms with Gasteiger partial charge in [-0.15, -0.1) is 0 Å². The molecule has 186 valence electrons. The Bertz CT molecular complexity index is 1320. The van der Waals surface area contributed by atoms with Crippen LogP contribution in [0.4, 0.5) is 0 Å². The molecule has 0 radical (unpaired) electrons. The lowest BCUT2D eigenvalue weighted by atomic mass is 9.67. The van der Waals surface area contributed by atoms with Crippen LogP contribution in [-0.2, 0) is 11.3 Å². The maximum atomic E-state index is 13.9. The minimum Gasteiger partial charge on any atom is -0.342 e. The van der Waals surface area contributed by atoms with Crippen LogP contribution in [0.1, 0.15) is 49.7 Å². The number of aromatic nitrogens is 1. The molecular formula is C31H34ClN3O. The summed E-state index contributed by atoms with van der Waals surface area (Å²) in [5.74, 6) is 1.62. The van der Waals surface area contributed by atoms with Crippen LogP contribution in [0.5, 0.6) is 0 Å². The molecule has 3 aromatic rings. The van der Waals surface area contributed by atoms with Crippen molar-refractivity contribution in [3.63, 3.8) is 0 Å². The fraction of sp³-hybridized carbons (Fsp3) is 0.452. The van der Waals surface area contributed by atoms with Crippen molar-refractivity contribution >= 4 is 34.5 Å². The van der Waals surface area contributed by atoms with Gasteiger partial charge in [-0.25, -0.2) is 0 Å². The summed E-state index contributed by atoms with van der Waals surface area (Å²) >= 11 is 6.10. The molecule has 5 heterocycles. The Hall–Kier alpha value is -2.56. The largest absolute Gasteiger partial charge is 0.342 e. The third-order valence-electron chi connectivity index (χ3n) is 9.33. The molecule has 4 atom stereocenters. The van der Waals surface area contributed by atoms with Gasteiger partial charge in [0.05, 0.1) is 0 Å². The predicted octanol–water partition coefficient (Wildman–Crippen LogP) is 6.22. The zero-order valence-corrected chi connectivity index (χ0v) is 21.5. The molecule has 4 nitrogen and oxygen atoms in total. The lowest BCUT2D eigenvalue weighted by molar-refractivity contribution is -0.145. The number of fused-ring (bicyclic) bond motifs is 3. The van der Waals surface area contributed by atoms with Gasteiger partial charge in [0.15, 0.2) is 0 Å². The Labute approximate surface area is 218 Å². The predicted molar refractivity (Wildman–Crippen MR) is 146 cm³/mol. The van der Waals surface area contributed by atoms with E-state index in [0.29, 0.717) is 23.8 Å². The minimum absolute atomic E-state index is 0.293. The second-order valence-corrected chi connectivity index (χ2v) is 11.8. The molecule has 0 saturated carbocycles. The number of hydrogen-bond donors (Lipinski definition) is 0. The van der Waals surface area contributed by atoms with Crippen molar-refractivity contribution in [3.05, 3.63) is 76.5 Å². The second kappa shape index (κ2) is 9.08. The highest BCUT2D eigenvalue weighted by Crippen LogP contribution is 2.45. The van der Waals surface area contributed by atoms with Crippen molar-refractivity contribution in [2.45, 2.75) is 57.2 Å². The molecule has 1 amide bonds. The van der Waals surface area contributed by atoms with Crippen LogP contribution in [0.25, 0.3) is 17.0 Å². The Morgan fingerprint density at radius 1 is 0.972 bits per heavy atom. The molecule has 4 saturated heterocycles. The van der Waals surface area contributed by atoms with Gasteiger partial charge in [0.25, 0.3) is 0 Å². The molecular weight excluding hydrogens is 466 g/mol. The topological polar surface area (TPSA) is 28.5 Å². The molecule has 0 spiro atoms. The standard InChI is InChI=1S/C31H34ClN3O/c32-25-12-9-21(10-13-25)18-34-19-24(26-6-1-2-8-28(26)34)17-22-11-14-29-27-7-4-16-33-15-3-5-23(30(27)33)20-35(29)31(22)36/h1-2,6,8-10,12-13,17,19,23,27,29-30H,3-5,7,11,14-16,18,20H2/b22-17+/t23-,27-,29-,30+/m1/s1. The highest BCUT2D eigenvalue weighted by atomic mass is 35.5. The Kier molecular flexibility index (Phi) is 5.70. The molecule has 4 aliphatic heterocycles. The van der Waals surface area contributed by atoms with Crippen molar-refractivity contribution in [1.82, 2.24) is 14.4 Å². The van der Waals surface area contributed by atoms with Gasteiger partial charge in [-0.1, -0.05) is 41.9 Å². The summed E-state index contributed by atoms with van der Waals surface area (Å²) in [6, 6.07) is 17.8. The van der Waals surface area contributed by atoms with E-state index >= 15 is 0 Å². The van der Waals surface area contributed by atoms with Gasteiger partial charge in [-0.05, 0) is 93.3 Å². The first kappa shape index (κ1) is 22.6. The van der Waals surface area contributed by atoms with Gasteiger partial charge in [-0.3, -0.25) is 9.69 Å². The Morgan fingerprint density at radius 2 is 1.78 bits per heavy atom. The number of carbonyl (C=O) groups excluding carboxylic acids is 1. The van der Waals surface area contributed by atoms with Crippen LogP contribution < -0.4 is 0 Å². The number of nitrogens with zero attached hydrogens (tertiary/aromatic N) is 3. The third kappa shape index (κ3) is 3.81. The Morgan fingerprint density at radius 3 is 2.64 bits per heavy atom. The van der Waals surface area contributed by atoms with Crippen molar-refractivity contribution in [1.29, 1.82) is 0 Å². The lowest BCUT2D eigenvalue weighted by Gasteiger charge is -2.58. The zero-order valence-electron chi connectivity index (χ0n) is 20.8. The normalized spacial score (nSPS) is 29.4. The third-order valence-corrected chi connectivity index (χ3v) is 9.58. The number of amides is 1. The molecule has 1 aromatic heterocycles. The first-order valence-electron chi connectivity index (χ1n) is 13.7. The summed E-state index contributed by atoms with van der Waals surface area (Å²) in [5.41, 5.74) is 4.55. The smallest absolute Gasteiger partial charge is 0.250 e. The highest BCUT2D eigenvalue weighted by Gasteiger charge is 2.51. The highest BCUT2D eigenvalue weighted by molar-refractivity contribution is 6.30. The summed E-state index contributed by atoms with van der Waals surface area (Å²) in [6.45, 7) is 4.27. The Balaban J connectivity index is 1.19. The van der Waals surface area contributed by atoms with Gasteiger partial charge in [0.1, 0.15) is 0 Å². The van der Waals surface area contributed by atoms with Crippen LogP contribution in [0.2, 0.25) is 5.02 Å². The molecule has 4 fully saturated rings. The quantitative estimate of drug-likeness (QED) is 0.400. The maximum absolute atomic E-state index is 13.9. The zero-order chi connectivity index (χ0) is 24.2. The van der Waals surface area contributed by atoms with Crippen LogP contribution in [0.3, 0.4) is 0 Å². The van der Waals surface area contributed by atoms with Crippen molar-refractivity contribution in [2.75, 3.05) is 19.6 Å². The minimum atomic E-state index is 0.293. The average Bonchev–Trinajstić information content (AvgIpc) is 3.25. The monoisotopic (exact) mass is 499 g/mol. The van der Waals surface area contributed by atoms with E-state index in [2.05, 4.69) is 63.0 Å². The SMILES string of the molecule is O=C1/C(=C/c2cn(Cc3ccc(Cl)cc3)c3ccccc23)CC[C@@H]2[C@H]3CCCN4CCC[C@H](CN12)[C@@H]34. The van der Waals surface area contributed by atoms with Crippen LogP contribution in [0, 0.1) is 11.8 Å². The van der Waals surface area contributed by atoms with E-state index in [9.17, 15) is 4.79 Å². The van der Waals surface area contributed by atoms with E-state index in [0.717, 1.165) is 48.1 Å². The number of rotatable bonds is 3. The fourth-order valence-corrected chi connectivity index (χ4v) is 7.95. The first-order chi connectivity index (χ1) is 17.7. The number of para-hydroxylation sites is 1. The molecule has 2 aromatic carbocycles. The van der Waals surface area contributed by atoms with E-state index in [1.165, 1.54) is 55.2 Å². The lowest BCUT2D eigenvalue weighted by Crippen LogP contribution is -2.66. The van der Waals surface area contributed by atoms with Crippen LogP contribution in [-0.4, -0.2) is 52.0 Å². The molecule has 4 aliphatic rings. The van der Waals surface area contributed by atoms with Crippen molar-refractivity contribution in [3.8, 4) is 0 Å². The van der Waals surface area contributed by atoms with Gasteiger partial charge in [-0.2, -0.15) is 0 Å². The molecule has 0 aliphatic carbocycles. The molecule has 7 rings (SSSR count). The van der Waals surface area contributed by atoms with Crippen LogP contribution in [0.15, 0.2) is 60.3 Å². The summed E-state index contributed by atoms with van der Waals surface area (Å²) in [4.78, 5) is 19.0. The molecule has 0 bridgehead atoms. The van der Waals surface area contributed by atoms with E-state index < -0.39 is 0 Å². The number of carbonyl (C=O) groups is 1. The van der Waals surface area contributed by atoms with Gasteiger partial charge in [0.2, 0.25) is 5.91 Å². The number of halogens is 1. The number of benzene rings is 2. The molecule has 0 N–H and O–H groups in total. The van der Waals surface area contributed by atoms with Crippen molar-refractivity contribution < 1.29 is 4.79 Å². The average molecular weight is 500 g/mol. The summed E-state index contributed by atoms with van der Waals surface area (Å²) in [6.07, 6.45) is 11.6. The van der Waals surface area contributed by atoms with Gasteiger partial charge in [0, 0.05) is 58.4 Å². The fourth-order valence-electron chi connectivity index (χ4n) is 7.82. The number of hydrogen-bond acceptors (Lipinski definition) is 2. The van der Waals surface area contributed by atoms with Gasteiger partial charge < -0.3 is 9.47 Å².